The van der Waals surface area contributed by atoms with Crippen molar-refractivity contribution >= 4 is 44.5 Å². The summed E-state index contributed by atoms with van der Waals surface area (Å²) in [7, 11) is 0. The summed E-state index contributed by atoms with van der Waals surface area (Å²) in [5.74, 6) is -0.262. The molecule has 1 N–H and O–H groups in total. The van der Waals surface area contributed by atoms with Crippen molar-refractivity contribution in [3.8, 4) is 0 Å². The fourth-order valence-corrected chi connectivity index (χ4v) is 3.56. The number of aromatic nitrogens is 4. The lowest BCUT2D eigenvalue weighted by molar-refractivity contribution is 0.0952. The second-order valence-corrected chi connectivity index (χ2v) is 7.97. The number of nitrogens with zero attached hydrogens (tertiary/aromatic N) is 4. The van der Waals surface area contributed by atoms with E-state index in [2.05, 4.69) is 31.3 Å². The number of hydrogen-bond acceptors (Lipinski definition) is 4. The lowest BCUT2D eigenvalue weighted by atomic mass is 10.2. The maximum Gasteiger partial charge on any atom is 0.264 e. The zero-order chi connectivity index (χ0) is 21.1. The predicted molar refractivity (Wildman–Crippen MR) is 119 cm³/mol. The fraction of sp³-hybridized carbons (Fsp3) is 0.143. The van der Waals surface area contributed by atoms with Crippen LogP contribution in [0.5, 0.6) is 0 Å². The van der Waals surface area contributed by atoms with Gasteiger partial charge in [0.25, 0.3) is 11.5 Å². The number of carbonyl (C=O) groups excluding carboxylic acids is 1. The SMILES string of the molecule is O=C(NCCn1ncc2c(=O)n(Cc3ccc(Br)cc3)cnc21)c1ccccc1Cl. The van der Waals surface area contributed by atoms with E-state index in [1.807, 2.05) is 24.3 Å². The molecular weight excluding hydrogens is 470 g/mol. The highest BCUT2D eigenvalue weighted by Crippen LogP contribution is 2.14. The second-order valence-electron chi connectivity index (χ2n) is 6.64. The Kier molecular flexibility index (Phi) is 5.96. The van der Waals surface area contributed by atoms with Gasteiger partial charge in [-0.05, 0) is 29.8 Å². The summed E-state index contributed by atoms with van der Waals surface area (Å²) in [6.45, 7) is 1.13. The van der Waals surface area contributed by atoms with Crippen LogP contribution in [0.3, 0.4) is 0 Å². The first-order valence-electron chi connectivity index (χ1n) is 9.21. The van der Waals surface area contributed by atoms with Gasteiger partial charge in [-0.3, -0.25) is 14.2 Å². The Labute approximate surface area is 185 Å². The normalized spacial score (nSPS) is 11.0. The van der Waals surface area contributed by atoms with E-state index in [1.165, 1.54) is 12.5 Å². The Balaban J connectivity index is 1.46. The second kappa shape index (κ2) is 8.81. The van der Waals surface area contributed by atoms with Crippen LogP contribution in [-0.2, 0) is 13.1 Å². The van der Waals surface area contributed by atoms with E-state index < -0.39 is 0 Å². The molecule has 1 amide bonds. The standard InChI is InChI=1S/C21H17BrClN5O2/c22-15-7-5-14(6-8-15)12-27-13-25-19-17(21(27)30)11-26-28(19)10-9-24-20(29)16-3-1-2-4-18(16)23/h1-8,11,13H,9-10,12H2,(H,24,29). The van der Waals surface area contributed by atoms with Crippen molar-refractivity contribution in [1.82, 2.24) is 24.6 Å². The van der Waals surface area contributed by atoms with Crippen LogP contribution in [0.4, 0.5) is 0 Å². The summed E-state index contributed by atoms with van der Waals surface area (Å²) in [5, 5.41) is 7.90. The Hall–Kier alpha value is -2.97. The van der Waals surface area contributed by atoms with Gasteiger partial charge in [-0.2, -0.15) is 5.10 Å². The van der Waals surface area contributed by atoms with Crippen molar-refractivity contribution in [2.24, 2.45) is 0 Å². The summed E-state index contributed by atoms with van der Waals surface area (Å²) in [4.78, 5) is 29.5. The molecule has 0 radical (unpaired) electrons. The molecule has 2 heterocycles. The Morgan fingerprint density at radius 3 is 2.67 bits per heavy atom. The first-order valence-corrected chi connectivity index (χ1v) is 10.4. The van der Waals surface area contributed by atoms with E-state index >= 15 is 0 Å². The lowest BCUT2D eigenvalue weighted by Crippen LogP contribution is -2.28. The molecule has 4 rings (SSSR count). The highest BCUT2D eigenvalue weighted by Gasteiger charge is 2.12. The number of amides is 1. The van der Waals surface area contributed by atoms with Crippen LogP contribution in [0, 0.1) is 0 Å². The predicted octanol–water partition coefficient (Wildman–Crippen LogP) is 3.49. The molecule has 0 unspecified atom stereocenters. The molecule has 2 aromatic heterocycles. The summed E-state index contributed by atoms with van der Waals surface area (Å²) < 4.78 is 4.14. The van der Waals surface area contributed by atoms with E-state index in [-0.39, 0.29) is 11.5 Å². The number of carbonyl (C=O) groups is 1. The largest absolute Gasteiger partial charge is 0.350 e. The molecule has 30 heavy (non-hydrogen) atoms. The van der Waals surface area contributed by atoms with Gasteiger partial charge in [0.15, 0.2) is 5.65 Å². The van der Waals surface area contributed by atoms with E-state index in [0.29, 0.717) is 41.3 Å². The first-order chi connectivity index (χ1) is 14.5. The van der Waals surface area contributed by atoms with E-state index in [4.69, 9.17) is 11.6 Å². The van der Waals surface area contributed by atoms with Crippen molar-refractivity contribution < 1.29 is 4.79 Å². The van der Waals surface area contributed by atoms with Crippen molar-refractivity contribution in [2.75, 3.05) is 6.54 Å². The number of benzene rings is 2. The van der Waals surface area contributed by atoms with E-state index in [9.17, 15) is 9.59 Å². The minimum absolute atomic E-state index is 0.158. The van der Waals surface area contributed by atoms with Gasteiger partial charge in [0.1, 0.15) is 11.7 Å². The zero-order valence-corrected chi connectivity index (χ0v) is 18.1. The van der Waals surface area contributed by atoms with E-state index in [1.54, 1.807) is 33.5 Å². The monoisotopic (exact) mass is 485 g/mol. The van der Waals surface area contributed by atoms with Gasteiger partial charge in [-0.15, -0.1) is 0 Å². The minimum Gasteiger partial charge on any atom is -0.350 e. The third-order valence-corrected chi connectivity index (χ3v) is 5.47. The number of halogens is 2. The number of fused-ring (bicyclic) bond motifs is 1. The summed E-state index contributed by atoms with van der Waals surface area (Å²) in [5.41, 5.74) is 1.74. The van der Waals surface area contributed by atoms with Gasteiger partial charge in [0.05, 0.1) is 29.9 Å². The van der Waals surface area contributed by atoms with Crippen LogP contribution in [-0.4, -0.2) is 31.8 Å². The molecule has 0 atom stereocenters. The molecule has 152 valence electrons. The molecule has 0 saturated heterocycles. The molecule has 0 aliphatic heterocycles. The summed E-state index contributed by atoms with van der Waals surface area (Å²) in [6, 6.07) is 14.6. The molecule has 0 bridgehead atoms. The molecule has 4 aromatic rings. The molecule has 0 spiro atoms. The third kappa shape index (κ3) is 4.29. The molecule has 2 aromatic carbocycles. The number of rotatable bonds is 6. The maximum atomic E-state index is 12.8. The van der Waals surface area contributed by atoms with Gasteiger partial charge < -0.3 is 5.32 Å². The third-order valence-electron chi connectivity index (χ3n) is 4.62. The lowest BCUT2D eigenvalue weighted by Gasteiger charge is -2.08. The topological polar surface area (TPSA) is 81.8 Å². The number of nitrogens with one attached hydrogen (secondary N) is 1. The average molecular weight is 487 g/mol. The molecule has 0 saturated carbocycles. The molecule has 0 aliphatic carbocycles. The number of hydrogen-bond donors (Lipinski definition) is 1. The van der Waals surface area contributed by atoms with Crippen molar-refractivity contribution in [3.05, 3.63) is 92.0 Å². The van der Waals surface area contributed by atoms with Crippen LogP contribution in [0.25, 0.3) is 11.0 Å². The highest BCUT2D eigenvalue weighted by atomic mass is 79.9. The van der Waals surface area contributed by atoms with Crippen molar-refractivity contribution in [3.63, 3.8) is 0 Å². The van der Waals surface area contributed by atoms with Crippen LogP contribution < -0.4 is 10.9 Å². The Bertz CT molecular complexity index is 1270. The van der Waals surface area contributed by atoms with Crippen LogP contribution in [0.15, 0.2) is 70.3 Å². The van der Waals surface area contributed by atoms with E-state index in [0.717, 1.165) is 10.0 Å². The molecule has 0 fully saturated rings. The van der Waals surface area contributed by atoms with Crippen LogP contribution in [0.1, 0.15) is 15.9 Å². The zero-order valence-electron chi connectivity index (χ0n) is 15.8. The molecule has 0 aliphatic rings. The molecule has 7 nitrogen and oxygen atoms in total. The smallest absolute Gasteiger partial charge is 0.264 e. The van der Waals surface area contributed by atoms with Crippen molar-refractivity contribution in [2.45, 2.75) is 13.1 Å². The van der Waals surface area contributed by atoms with Gasteiger partial charge in [-0.1, -0.05) is 51.8 Å². The maximum absolute atomic E-state index is 12.8. The Morgan fingerprint density at radius 1 is 1.13 bits per heavy atom. The molecular formula is C21H17BrClN5O2. The fourth-order valence-electron chi connectivity index (χ4n) is 3.08. The first kappa shape index (κ1) is 20.3. The average Bonchev–Trinajstić information content (AvgIpc) is 3.15. The van der Waals surface area contributed by atoms with Crippen LogP contribution >= 0.6 is 27.5 Å². The van der Waals surface area contributed by atoms with Gasteiger partial charge in [0.2, 0.25) is 0 Å². The van der Waals surface area contributed by atoms with Gasteiger partial charge >= 0.3 is 0 Å². The van der Waals surface area contributed by atoms with Crippen molar-refractivity contribution in [1.29, 1.82) is 0 Å². The summed E-state index contributed by atoms with van der Waals surface area (Å²) in [6.07, 6.45) is 3.03. The highest BCUT2D eigenvalue weighted by molar-refractivity contribution is 9.10. The van der Waals surface area contributed by atoms with Gasteiger partial charge in [0, 0.05) is 11.0 Å². The molecule has 9 heteroatoms. The quantitative estimate of drug-likeness (QED) is 0.452. The minimum atomic E-state index is -0.262. The van der Waals surface area contributed by atoms with Crippen LogP contribution in [0.2, 0.25) is 5.02 Å². The summed E-state index contributed by atoms with van der Waals surface area (Å²) >= 11 is 9.45. The van der Waals surface area contributed by atoms with Gasteiger partial charge in [-0.25, -0.2) is 9.67 Å². The Morgan fingerprint density at radius 2 is 1.90 bits per heavy atom.